The second kappa shape index (κ2) is 11.4. The van der Waals surface area contributed by atoms with E-state index in [4.69, 9.17) is 4.74 Å². The average Bonchev–Trinajstić information content (AvgIpc) is 3.07. The van der Waals surface area contributed by atoms with Gasteiger partial charge in [0.1, 0.15) is 5.82 Å². The molecule has 2 rings (SSSR count). The summed E-state index contributed by atoms with van der Waals surface area (Å²) < 4.78 is 18.5. The number of hydrogen-bond donors (Lipinski definition) is 2. The van der Waals surface area contributed by atoms with Crippen LogP contribution in [0, 0.1) is 5.82 Å². The van der Waals surface area contributed by atoms with Crippen LogP contribution >= 0.6 is 35.3 Å². The predicted molar refractivity (Wildman–Crippen MR) is 113 cm³/mol. The molecule has 1 unspecified atom stereocenters. The lowest BCUT2D eigenvalue weighted by Crippen LogP contribution is -2.39. The van der Waals surface area contributed by atoms with Gasteiger partial charge >= 0.3 is 0 Å². The van der Waals surface area contributed by atoms with Crippen molar-refractivity contribution in [1.29, 1.82) is 0 Å². The fourth-order valence-electron chi connectivity index (χ4n) is 2.30. The topological polar surface area (TPSA) is 45.7 Å². The molecule has 1 heterocycles. The van der Waals surface area contributed by atoms with Crippen molar-refractivity contribution in [2.45, 2.75) is 26.0 Å². The maximum Gasteiger partial charge on any atom is 0.191 e. The van der Waals surface area contributed by atoms with Crippen molar-refractivity contribution in [3.8, 4) is 0 Å². The number of halogens is 2. The first kappa shape index (κ1) is 21.9. The Morgan fingerprint density at radius 3 is 2.40 bits per heavy atom. The number of thiophene rings is 1. The number of nitrogens with one attached hydrogen (secondary N) is 2. The molecule has 4 nitrogen and oxygen atoms in total. The van der Waals surface area contributed by atoms with Gasteiger partial charge in [-0.15, -0.1) is 35.3 Å². The molecule has 0 aliphatic carbocycles. The van der Waals surface area contributed by atoms with Crippen LogP contribution in [0.25, 0.3) is 0 Å². The molecule has 0 bridgehead atoms. The highest BCUT2D eigenvalue weighted by atomic mass is 127. The van der Waals surface area contributed by atoms with Crippen LogP contribution in [0.2, 0.25) is 0 Å². The van der Waals surface area contributed by atoms with Crippen LogP contribution < -0.4 is 10.6 Å². The standard InChI is InChI=1S/C18H24FN3OS.HI/c1-4-15-9-10-16(24-15)11-21-18(20-2)22-12-17(23-3)13-5-7-14(19)8-6-13;/h5-10,17H,4,11-12H2,1-3H3,(H2,20,21,22);1H. The number of aliphatic imine (C=N–C) groups is 1. The summed E-state index contributed by atoms with van der Waals surface area (Å²) in [5.41, 5.74) is 0.924. The number of nitrogens with zero attached hydrogens (tertiary/aromatic N) is 1. The average molecular weight is 477 g/mol. The van der Waals surface area contributed by atoms with Gasteiger partial charge in [-0.2, -0.15) is 0 Å². The molecule has 0 fully saturated rings. The van der Waals surface area contributed by atoms with Crippen molar-refractivity contribution in [2.75, 3.05) is 20.7 Å². The summed E-state index contributed by atoms with van der Waals surface area (Å²) in [7, 11) is 3.38. The van der Waals surface area contributed by atoms with Crippen molar-refractivity contribution >= 4 is 41.3 Å². The first-order chi connectivity index (χ1) is 11.7. The second-order valence-electron chi connectivity index (χ2n) is 5.30. The third-order valence-electron chi connectivity index (χ3n) is 3.70. The second-order valence-corrected chi connectivity index (χ2v) is 6.56. The van der Waals surface area contributed by atoms with Crippen LogP contribution in [0.1, 0.15) is 28.3 Å². The van der Waals surface area contributed by atoms with E-state index in [1.807, 2.05) is 0 Å². The van der Waals surface area contributed by atoms with Gasteiger partial charge in [-0.05, 0) is 36.2 Å². The van der Waals surface area contributed by atoms with E-state index in [9.17, 15) is 4.39 Å². The van der Waals surface area contributed by atoms with Gasteiger partial charge in [0.25, 0.3) is 0 Å². The normalized spacial score (nSPS) is 12.4. The number of guanidine groups is 1. The summed E-state index contributed by atoms with van der Waals surface area (Å²) >= 11 is 1.81. The molecule has 0 saturated carbocycles. The lowest BCUT2D eigenvalue weighted by molar-refractivity contribution is 0.106. The zero-order valence-corrected chi connectivity index (χ0v) is 17.9. The van der Waals surface area contributed by atoms with Crippen LogP contribution in [0.3, 0.4) is 0 Å². The molecule has 1 atom stereocenters. The van der Waals surface area contributed by atoms with Gasteiger partial charge < -0.3 is 15.4 Å². The minimum absolute atomic E-state index is 0. The zero-order chi connectivity index (χ0) is 17.4. The molecular formula is C18H25FIN3OS. The van der Waals surface area contributed by atoms with E-state index in [1.54, 1.807) is 37.6 Å². The first-order valence-electron chi connectivity index (χ1n) is 7.96. The van der Waals surface area contributed by atoms with Gasteiger partial charge in [-0.25, -0.2) is 4.39 Å². The third-order valence-corrected chi connectivity index (χ3v) is 4.93. The Hall–Kier alpha value is -1.19. The molecule has 2 aromatic rings. The third kappa shape index (κ3) is 6.91. The number of methoxy groups -OCH3 is 1. The first-order valence-corrected chi connectivity index (χ1v) is 8.78. The van der Waals surface area contributed by atoms with Gasteiger partial charge in [-0.1, -0.05) is 19.1 Å². The summed E-state index contributed by atoms with van der Waals surface area (Å²) in [6, 6.07) is 10.7. The smallest absolute Gasteiger partial charge is 0.191 e. The molecule has 1 aromatic carbocycles. The van der Waals surface area contributed by atoms with Crippen molar-refractivity contribution in [3.63, 3.8) is 0 Å². The van der Waals surface area contributed by atoms with Gasteiger partial charge in [-0.3, -0.25) is 4.99 Å². The molecule has 0 spiro atoms. The fraction of sp³-hybridized carbons (Fsp3) is 0.389. The van der Waals surface area contributed by atoms with Gasteiger partial charge in [0.15, 0.2) is 5.96 Å². The van der Waals surface area contributed by atoms with Crippen molar-refractivity contribution in [2.24, 2.45) is 4.99 Å². The van der Waals surface area contributed by atoms with Crippen molar-refractivity contribution in [1.82, 2.24) is 10.6 Å². The molecule has 0 aliphatic rings. The van der Waals surface area contributed by atoms with E-state index in [0.717, 1.165) is 18.5 Å². The van der Waals surface area contributed by atoms with E-state index in [2.05, 4.69) is 34.7 Å². The monoisotopic (exact) mass is 477 g/mol. The highest BCUT2D eigenvalue weighted by molar-refractivity contribution is 14.0. The largest absolute Gasteiger partial charge is 0.375 e. The predicted octanol–water partition coefficient (Wildman–Crippen LogP) is 4.12. The summed E-state index contributed by atoms with van der Waals surface area (Å²) in [5.74, 6) is 0.465. The lowest BCUT2D eigenvalue weighted by atomic mass is 10.1. The Balaban J connectivity index is 0.00000312. The van der Waals surface area contributed by atoms with Crippen LogP contribution in [0.15, 0.2) is 41.4 Å². The summed E-state index contributed by atoms with van der Waals surface area (Å²) in [6.45, 7) is 3.44. The Kier molecular flexibility index (Phi) is 9.99. The van der Waals surface area contributed by atoms with Crippen LogP contribution in [-0.4, -0.2) is 26.7 Å². The minimum Gasteiger partial charge on any atom is -0.375 e. The molecule has 0 amide bonds. The Morgan fingerprint density at radius 1 is 1.16 bits per heavy atom. The van der Waals surface area contributed by atoms with E-state index in [-0.39, 0.29) is 35.9 Å². The SMILES string of the molecule is CCc1ccc(CNC(=NC)NCC(OC)c2ccc(F)cc2)s1.I. The highest BCUT2D eigenvalue weighted by Crippen LogP contribution is 2.17. The fourth-order valence-corrected chi connectivity index (χ4v) is 3.20. The summed E-state index contributed by atoms with van der Waals surface area (Å²) in [6.07, 6.45) is 0.891. The van der Waals surface area contributed by atoms with Crippen LogP contribution in [0.4, 0.5) is 4.39 Å². The molecule has 0 aliphatic heterocycles. The number of aryl methyl sites for hydroxylation is 1. The number of rotatable bonds is 7. The molecule has 0 radical (unpaired) electrons. The number of benzene rings is 1. The van der Waals surface area contributed by atoms with Gasteiger partial charge in [0.05, 0.1) is 12.6 Å². The molecule has 138 valence electrons. The Labute approximate surface area is 169 Å². The van der Waals surface area contributed by atoms with E-state index in [1.165, 1.54) is 21.9 Å². The summed E-state index contributed by atoms with van der Waals surface area (Å²) in [4.78, 5) is 6.88. The molecule has 0 saturated heterocycles. The molecule has 2 N–H and O–H groups in total. The van der Waals surface area contributed by atoms with Crippen LogP contribution in [0.5, 0.6) is 0 Å². The zero-order valence-electron chi connectivity index (χ0n) is 14.7. The maximum absolute atomic E-state index is 13.0. The Bertz CT molecular complexity index is 661. The van der Waals surface area contributed by atoms with Crippen molar-refractivity contribution < 1.29 is 9.13 Å². The van der Waals surface area contributed by atoms with Gasteiger partial charge in [0.2, 0.25) is 0 Å². The molecular weight excluding hydrogens is 452 g/mol. The van der Waals surface area contributed by atoms with Gasteiger partial charge in [0, 0.05) is 30.5 Å². The molecule has 7 heteroatoms. The van der Waals surface area contributed by atoms with Crippen molar-refractivity contribution in [3.05, 3.63) is 57.5 Å². The number of ether oxygens (including phenoxy) is 1. The lowest BCUT2D eigenvalue weighted by Gasteiger charge is -2.18. The molecule has 25 heavy (non-hydrogen) atoms. The quantitative estimate of drug-likeness (QED) is 0.359. The number of hydrogen-bond acceptors (Lipinski definition) is 3. The van der Waals surface area contributed by atoms with E-state index >= 15 is 0 Å². The van der Waals surface area contributed by atoms with E-state index in [0.29, 0.717) is 12.5 Å². The van der Waals surface area contributed by atoms with E-state index < -0.39 is 0 Å². The van der Waals surface area contributed by atoms with Crippen LogP contribution in [-0.2, 0) is 17.7 Å². The molecule has 1 aromatic heterocycles. The Morgan fingerprint density at radius 2 is 1.84 bits per heavy atom. The summed E-state index contributed by atoms with van der Waals surface area (Å²) in [5, 5.41) is 6.55. The minimum atomic E-state index is -0.249. The maximum atomic E-state index is 13.0. The highest BCUT2D eigenvalue weighted by Gasteiger charge is 2.11.